The third kappa shape index (κ3) is 2.74. The highest BCUT2D eigenvalue weighted by Gasteiger charge is 2.14. The molecule has 1 amide bonds. The Labute approximate surface area is 138 Å². The lowest BCUT2D eigenvalue weighted by molar-refractivity contribution is -0.385. The van der Waals surface area contributed by atoms with Gasteiger partial charge in [-0.05, 0) is 50.6 Å². The maximum Gasteiger partial charge on any atom is 0.274 e. The van der Waals surface area contributed by atoms with Gasteiger partial charge >= 0.3 is 0 Å². The van der Waals surface area contributed by atoms with E-state index in [0.29, 0.717) is 16.8 Å². The Kier molecular flexibility index (Phi) is 3.81. The molecule has 6 heteroatoms. The molecule has 0 aliphatic carbocycles. The quantitative estimate of drug-likeness (QED) is 0.558. The fourth-order valence-corrected chi connectivity index (χ4v) is 2.69. The molecule has 0 saturated carbocycles. The second-order valence-electron chi connectivity index (χ2n) is 5.85. The van der Waals surface area contributed by atoms with E-state index in [4.69, 9.17) is 0 Å². The van der Waals surface area contributed by atoms with E-state index in [9.17, 15) is 14.9 Å². The van der Waals surface area contributed by atoms with Crippen molar-refractivity contribution in [2.75, 3.05) is 5.32 Å². The summed E-state index contributed by atoms with van der Waals surface area (Å²) in [7, 11) is 0. The molecule has 3 aromatic rings. The third-order valence-corrected chi connectivity index (χ3v) is 4.23. The molecule has 24 heavy (non-hydrogen) atoms. The van der Waals surface area contributed by atoms with Crippen LogP contribution in [0.3, 0.4) is 0 Å². The van der Waals surface area contributed by atoms with Gasteiger partial charge in [-0.25, -0.2) is 0 Å². The predicted molar refractivity (Wildman–Crippen MR) is 93.6 cm³/mol. The van der Waals surface area contributed by atoms with Crippen molar-refractivity contribution >= 4 is 28.2 Å². The van der Waals surface area contributed by atoms with Crippen LogP contribution in [0.25, 0.3) is 10.9 Å². The molecule has 1 heterocycles. The van der Waals surface area contributed by atoms with Crippen LogP contribution in [0, 0.1) is 30.9 Å². The zero-order valence-corrected chi connectivity index (χ0v) is 13.6. The summed E-state index contributed by atoms with van der Waals surface area (Å²) in [5, 5.41) is 14.7. The van der Waals surface area contributed by atoms with E-state index in [0.717, 1.165) is 22.2 Å². The number of carbonyl (C=O) groups is 1. The first-order valence-electron chi connectivity index (χ1n) is 7.52. The molecule has 2 N–H and O–H groups in total. The van der Waals surface area contributed by atoms with Gasteiger partial charge in [-0.3, -0.25) is 14.9 Å². The van der Waals surface area contributed by atoms with Crippen LogP contribution in [0.2, 0.25) is 0 Å². The number of carbonyl (C=O) groups excluding carboxylic acids is 1. The van der Waals surface area contributed by atoms with Crippen molar-refractivity contribution in [1.29, 1.82) is 0 Å². The summed E-state index contributed by atoms with van der Waals surface area (Å²) in [6.07, 6.45) is 0. The molecule has 3 rings (SSSR count). The molecule has 1 aromatic heterocycles. The number of anilines is 1. The van der Waals surface area contributed by atoms with E-state index in [2.05, 4.69) is 10.3 Å². The smallest absolute Gasteiger partial charge is 0.274 e. The zero-order chi connectivity index (χ0) is 17.4. The minimum Gasteiger partial charge on any atom is -0.358 e. The Hall–Kier alpha value is -3.15. The highest BCUT2D eigenvalue weighted by molar-refractivity contribution is 6.06. The van der Waals surface area contributed by atoms with Crippen molar-refractivity contribution < 1.29 is 9.72 Å². The first kappa shape index (κ1) is 15.7. The Balaban J connectivity index is 1.91. The highest BCUT2D eigenvalue weighted by Crippen LogP contribution is 2.25. The summed E-state index contributed by atoms with van der Waals surface area (Å²) in [5.74, 6) is -0.298. The standard InChI is InChI=1S/C18H17N3O3/c1-10-4-6-14(9-17(10)21(23)24)20-18(22)13-5-7-16-15(8-13)11(2)12(3)19-16/h4-9,19H,1-3H3,(H,20,22). The average molecular weight is 323 g/mol. The van der Waals surface area contributed by atoms with Gasteiger partial charge in [0.25, 0.3) is 11.6 Å². The van der Waals surface area contributed by atoms with Crippen LogP contribution in [-0.4, -0.2) is 15.8 Å². The number of aryl methyl sites for hydroxylation is 3. The topological polar surface area (TPSA) is 88.0 Å². The predicted octanol–water partition coefficient (Wildman–Crippen LogP) is 4.25. The molecule has 0 aliphatic heterocycles. The molecule has 6 nitrogen and oxygen atoms in total. The normalized spacial score (nSPS) is 10.8. The number of nitro benzene ring substituents is 1. The van der Waals surface area contributed by atoms with Crippen LogP contribution < -0.4 is 5.32 Å². The summed E-state index contributed by atoms with van der Waals surface area (Å²) in [4.78, 5) is 26.3. The molecule has 0 bridgehead atoms. The van der Waals surface area contributed by atoms with Crippen molar-refractivity contribution in [2.24, 2.45) is 0 Å². The number of hydrogen-bond donors (Lipinski definition) is 2. The number of aromatic nitrogens is 1. The molecular weight excluding hydrogens is 306 g/mol. The lowest BCUT2D eigenvalue weighted by Gasteiger charge is -2.07. The maximum absolute atomic E-state index is 12.5. The van der Waals surface area contributed by atoms with Crippen LogP contribution in [0.15, 0.2) is 36.4 Å². The van der Waals surface area contributed by atoms with E-state index in [1.807, 2.05) is 26.0 Å². The fourth-order valence-electron chi connectivity index (χ4n) is 2.69. The molecule has 2 aromatic carbocycles. The largest absolute Gasteiger partial charge is 0.358 e. The summed E-state index contributed by atoms with van der Waals surface area (Å²) < 4.78 is 0. The van der Waals surface area contributed by atoms with Crippen LogP contribution in [0.1, 0.15) is 27.2 Å². The molecule has 0 spiro atoms. The molecule has 122 valence electrons. The molecule has 0 aliphatic rings. The first-order chi connectivity index (χ1) is 11.4. The van der Waals surface area contributed by atoms with E-state index in [-0.39, 0.29) is 11.6 Å². The molecule has 0 fully saturated rings. The molecule has 0 unspecified atom stereocenters. The third-order valence-electron chi connectivity index (χ3n) is 4.23. The number of H-pyrrole nitrogens is 1. The second kappa shape index (κ2) is 5.81. The van der Waals surface area contributed by atoms with E-state index in [1.165, 1.54) is 6.07 Å². The maximum atomic E-state index is 12.5. The summed E-state index contributed by atoms with van der Waals surface area (Å²) in [6, 6.07) is 10.1. The lowest BCUT2D eigenvalue weighted by atomic mass is 10.1. The zero-order valence-electron chi connectivity index (χ0n) is 13.6. The van der Waals surface area contributed by atoms with Gasteiger partial charge in [-0.2, -0.15) is 0 Å². The van der Waals surface area contributed by atoms with Crippen LogP contribution in [-0.2, 0) is 0 Å². The van der Waals surface area contributed by atoms with Gasteiger partial charge in [0.2, 0.25) is 0 Å². The summed E-state index contributed by atoms with van der Waals surface area (Å²) >= 11 is 0. The minimum atomic E-state index is -0.455. The highest BCUT2D eigenvalue weighted by atomic mass is 16.6. The number of amides is 1. The molecule has 0 saturated heterocycles. The van der Waals surface area contributed by atoms with E-state index < -0.39 is 4.92 Å². The fraction of sp³-hybridized carbons (Fsp3) is 0.167. The van der Waals surface area contributed by atoms with Gasteiger partial charge in [0.05, 0.1) is 4.92 Å². The van der Waals surface area contributed by atoms with Crippen LogP contribution >= 0.6 is 0 Å². The van der Waals surface area contributed by atoms with Crippen LogP contribution in [0.5, 0.6) is 0 Å². The van der Waals surface area contributed by atoms with Crippen molar-refractivity contribution in [3.63, 3.8) is 0 Å². The Morgan fingerprint density at radius 3 is 2.58 bits per heavy atom. The monoisotopic (exact) mass is 323 g/mol. The van der Waals surface area contributed by atoms with Crippen molar-refractivity contribution in [1.82, 2.24) is 4.98 Å². The lowest BCUT2D eigenvalue weighted by Crippen LogP contribution is -2.12. The SMILES string of the molecule is Cc1ccc(NC(=O)c2ccc3[nH]c(C)c(C)c3c2)cc1[N+](=O)[O-]. The van der Waals surface area contributed by atoms with Gasteiger partial charge in [-0.15, -0.1) is 0 Å². The molecular formula is C18H17N3O3. The van der Waals surface area contributed by atoms with E-state index in [1.54, 1.807) is 25.1 Å². The number of nitrogens with one attached hydrogen (secondary N) is 2. The summed E-state index contributed by atoms with van der Waals surface area (Å²) in [6.45, 7) is 5.65. The Morgan fingerprint density at radius 1 is 1.12 bits per heavy atom. The Morgan fingerprint density at radius 2 is 1.88 bits per heavy atom. The first-order valence-corrected chi connectivity index (χ1v) is 7.52. The van der Waals surface area contributed by atoms with Crippen molar-refractivity contribution in [3.05, 3.63) is 68.9 Å². The molecule has 0 atom stereocenters. The number of benzene rings is 2. The summed E-state index contributed by atoms with van der Waals surface area (Å²) in [5.41, 5.74) is 4.60. The number of nitro groups is 1. The number of hydrogen-bond acceptors (Lipinski definition) is 3. The van der Waals surface area contributed by atoms with Crippen molar-refractivity contribution in [2.45, 2.75) is 20.8 Å². The Bertz CT molecular complexity index is 973. The van der Waals surface area contributed by atoms with Crippen molar-refractivity contribution in [3.8, 4) is 0 Å². The number of aromatic amines is 1. The number of fused-ring (bicyclic) bond motifs is 1. The van der Waals surface area contributed by atoms with Gasteiger partial charge in [0.15, 0.2) is 0 Å². The minimum absolute atomic E-state index is 0.0136. The number of rotatable bonds is 3. The molecule has 0 radical (unpaired) electrons. The van der Waals surface area contributed by atoms with Crippen LogP contribution in [0.4, 0.5) is 11.4 Å². The van der Waals surface area contributed by atoms with Gasteiger partial charge in [0.1, 0.15) is 0 Å². The number of nitrogens with zero attached hydrogens (tertiary/aromatic N) is 1. The van der Waals surface area contributed by atoms with Gasteiger partial charge in [-0.1, -0.05) is 6.07 Å². The van der Waals surface area contributed by atoms with E-state index >= 15 is 0 Å². The average Bonchev–Trinajstić information content (AvgIpc) is 2.83. The van der Waals surface area contributed by atoms with Gasteiger partial charge in [0, 0.05) is 39.5 Å². The second-order valence-corrected chi connectivity index (χ2v) is 5.85. The van der Waals surface area contributed by atoms with Gasteiger partial charge < -0.3 is 10.3 Å².